The summed E-state index contributed by atoms with van der Waals surface area (Å²) < 4.78 is 6.10. The van der Waals surface area contributed by atoms with Crippen molar-refractivity contribution in [2.24, 2.45) is 0 Å². The first-order valence-electron chi connectivity index (χ1n) is 11.6. The van der Waals surface area contributed by atoms with Crippen LogP contribution in [0.2, 0.25) is 0 Å². The van der Waals surface area contributed by atoms with Crippen LogP contribution in [0, 0.1) is 0 Å². The zero-order chi connectivity index (χ0) is 24.4. The standard InChI is InChI=1S/C26H25N3O4S2/c30-21(27-13-12-17-7-2-1-3-8-17)16-28-20-11-5-4-10-19(20)22(24(28)31)23-25(32)29(26(34)35-23)15-18-9-6-14-33-18/h1-5,7-8,10-11,18H,6,9,12-16H2,(H,27,30)/b23-22-. The molecule has 1 atom stereocenters. The van der Waals surface area contributed by atoms with Gasteiger partial charge in [-0.2, -0.15) is 0 Å². The van der Waals surface area contributed by atoms with Crippen molar-refractivity contribution in [2.45, 2.75) is 25.4 Å². The van der Waals surface area contributed by atoms with Crippen LogP contribution in [0.5, 0.6) is 0 Å². The number of nitrogens with one attached hydrogen (secondary N) is 1. The summed E-state index contributed by atoms with van der Waals surface area (Å²) in [6, 6.07) is 17.1. The van der Waals surface area contributed by atoms with Gasteiger partial charge >= 0.3 is 0 Å². The lowest BCUT2D eigenvalue weighted by molar-refractivity contribution is -0.123. The molecule has 9 heteroatoms. The molecule has 5 rings (SSSR count). The highest BCUT2D eigenvalue weighted by atomic mass is 32.2. The third kappa shape index (κ3) is 4.89. The smallest absolute Gasteiger partial charge is 0.267 e. The highest BCUT2D eigenvalue weighted by molar-refractivity contribution is 8.26. The van der Waals surface area contributed by atoms with Gasteiger partial charge in [0.25, 0.3) is 11.8 Å². The van der Waals surface area contributed by atoms with Gasteiger partial charge in [0.05, 0.1) is 28.8 Å². The minimum Gasteiger partial charge on any atom is -0.376 e. The second-order valence-electron chi connectivity index (χ2n) is 8.62. The summed E-state index contributed by atoms with van der Waals surface area (Å²) in [6.45, 7) is 1.44. The van der Waals surface area contributed by atoms with Crippen molar-refractivity contribution in [3.05, 3.63) is 70.6 Å². The molecule has 35 heavy (non-hydrogen) atoms. The van der Waals surface area contributed by atoms with Gasteiger partial charge in [0.2, 0.25) is 5.91 Å². The Morgan fingerprint density at radius 1 is 1.06 bits per heavy atom. The molecule has 0 aliphatic carbocycles. The van der Waals surface area contributed by atoms with Crippen LogP contribution in [-0.2, 0) is 25.5 Å². The second-order valence-corrected chi connectivity index (χ2v) is 10.3. The number of carbonyl (C=O) groups is 3. The number of fused-ring (bicyclic) bond motifs is 1. The van der Waals surface area contributed by atoms with Crippen molar-refractivity contribution in [3.8, 4) is 0 Å². The Morgan fingerprint density at radius 2 is 1.83 bits per heavy atom. The van der Waals surface area contributed by atoms with Crippen molar-refractivity contribution in [1.82, 2.24) is 10.2 Å². The van der Waals surface area contributed by atoms with Crippen LogP contribution in [0.1, 0.15) is 24.0 Å². The van der Waals surface area contributed by atoms with Crippen molar-refractivity contribution in [1.29, 1.82) is 0 Å². The minimum absolute atomic E-state index is 0.0375. The number of carbonyl (C=O) groups excluding carboxylic acids is 3. The number of hydrogen-bond donors (Lipinski definition) is 1. The normalized spacial score (nSPS) is 21.7. The molecule has 3 heterocycles. The molecule has 0 spiro atoms. The zero-order valence-electron chi connectivity index (χ0n) is 19.1. The quantitative estimate of drug-likeness (QED) is 0.458. The van der Waals surface area contributed by atoms with Crippen LogP contribution < -0.4 is 10.2 Å². The number of rotatable bonds is 7. The highest BCUT2D eigenvalue weighted by Crippen LogP contribution is 2.44. The number of thioether (sulfide) groups is 1. The number of nitrogens with zero attached hydrogens (tertiary/aromatic N) is 2. The van der Waals surface area contributed by atoms with Gasteiger partial charge < -0.3 is 10.1 Å². The van der Waals surface area contributed by atoms with Crippen LogP contribution in [-0.4, -0.2) is 59.3 Å². The van der Waals surface area contributed by atoms with Crippen molar-refractivity contribution in [2.75, 3.05) is 31.1 Å². The summed E-state index contributed by atoms with van der Waals surface area (Å²) in [5.74, 6) is -0.888. The fourth-order valence-electron chi connectivity index (χ4n) is 4.55. The Kier molecular flexibility index (Phi) is 6.99. The van der Waals surface area contributed by atoms with Gasteiger partial charge in [-0.25, -0.2) is 0 Å². The molecular formula is C26H25N3O4S2. The Morgan fingerprint density at radius 3 is 2.60 bits per heavy atom. The molecule has 3 aliphatic heterocycles. The number of para-hydroxylation sites is 1. The van der Waals surface area contributed by atoms with E-state index < -0.39 is 0 Å². The van der Waals surface area contributed by atoms with E-state index >= 15 is 0 Å². The van der Waals surface area contributed by atoms with Crippen molar-refractivity contribution >= 4 is 57.3 Å². The molecule has 0 aromatic heterocycles. The lowest BCUT2D eigenvalue weighted by Crippen LogP contribution is -2.39. The molecule has 0 bridgehead atoms. The molecule has 3 aliphatic rings. The number of benzene rings is 2. The molecule has 180 valence electrons. The van der Waals surface area contributed by atoms with E-state index in [4.69, 9.17) is 17.0 Å². The van der Waals surface area contributed by atoms with Crippen LogP contribution in [0.4, 0.5) is 5.69 Å². The molecular weight excluding hydrogens is 482 g/mol. The molecule has 0 radical (unpaired) electrons. The van der Waals surface area contributed by atoms with E-state index in [1.165, 1.54) is 9.80 Å². The Balaban J connectivity index is 1.32. The first-order chi connectivity index (χ1) is 17.0. The summed E-state index contributed by atoms with van der Waals surface area (Å²) in [4.78, 5) is 42.8. The third-order valence-electron chi connectivity index (χ3n) is 6.29. The number of anilines is 1. The maximum atomic E-state index is 13.5. The minimum atomic E-state index is -0.359. The maximum absolute atomic E-state index is 13.5. The fraction of sp³-hybridized carbons (Fsp3) is 0.308. The number of thiocarbonyl (C=S) groups is 1. The van der Waals surface area contributed by atoms with Gasteiger partial charge in [-0.1, -0.05) is 72.5 Å². The van der Waals surface area contributed by atoms with Gasteiger partial charge in [-0.15, -0.1) is 0 Å². The lowest BCUT2D eigenvalue weighted by Gasteiger charge is -2.18. The van der Waals surface area contributed by atoms with Crippen molar-refractivity contribution in [3.63, 3.8) is 0 Å². The van der Waals surface area contributed by atoms with Gasteiger partial charge in [-0.3, -0.25) is 24.2 Å². The average Bonchev–Trinajstić information content (AvgIpc) is 3.54. The van der Waals surface area contributed by atoms with Crippen LogP contribution in [0.15, 0.2) is 59.5 Å². The predicted molar refractivity (Wildman–Crippen MR) is 140 cm³/mol. The summed E-state index contributed by atoms with van der Waals surface area (Å²) in [5.41, 5.74) is 2.70. The SMILES string of the molecule is O=C(CN1C(=O)/C(=C2\SC(=S)N(CC3CCCO3)C2=O)c2ccccc21)NCCc1ccccc1. The molecule has 2 aromatic rings. The van der Waals surface area contributed by atoms with Gasteiger partial charge in [-0.05, 0) is 30.9 Å². The molecule has 2 aromatic carbocycles. The van der Waals surface area contributed by atoms with Gasteiger partial charge in [0.15, 0.2) is 0 Å². The number of ether oxygens (including phenoxy) is 1. The van der Waals surface area contributed by atoms with Crippen LogP contribution in [0.25, 0.3) is 5.57 Å². The van der Waals surface area contributed by atoms with E-state index in [2.05, 4.69) is 5.32 Å². The van der Waals surface area contributed by atoms with E-state index in [1.807, 2.05) is 48.5 Å². The second kappa shape index (κ2) is 10.3. The van der Waals surface area contributed by atoms with E-state index in [1.54, 1.807) is 6.07 Å². The molecule has 0 saturated carbocycles. The molecule has 7 nitrogen and oxygen atoms in total. The summed E-state index contributed by atoms with van der Waals surface area (Å²) in [6.07, 6.45) is 2.52. The van der Waals surface area contributed by atoms with Crippen molar-refractivity contribution < 1.29 is 19.1 Å². The monoisotopic (exact) mass is 507 g/mol. The van der Waals surface area contributed by atoms with Crippen LogP contribution in [0.3, 0.4) is 0 Å². The summed E-state index contributed by atoms with van der Waals surface area (Å²) in [7, 11) is 0. The van der Waals surface area contributed by atoms with Gasteiger partial charge in [0.1, 0.15) is 10.9 Å². The van der Waals surface area contributed by atoms with E-state index in [0.717, 1.165) is 30.2 Å². The first kappa shape index (κ1) is 23.7. The summed E-state index contributed by atoms with van der Waals surface area (Å²) >= 11 is 6.62. The van der Waals surface area contributed by atoms with E-state index in [9.17, 15) is 14.4 Å². The molecule has 1 unspecified atom stereocenters. The lowest BCUT2D eigenvalue weighted by atomic mass is 10.1. The van der Waals surface area contributed by atoms with Gasteiger partial charge in [0, 0.05) is 18.7 Å². The predicted octanol–water partition coefficient (Wildman–Crippen LogP) is 3.14. The molecule has 3 amide bonds. The van der Waals surface area contributed by atoms with E-state index in [-0.39, 0.29) is 30.4 Å². The molecule has 2 saturated heterocycles. The molecule has 2 fully saturated rings. The largest absolute Gasteiger partial charge is 0.376 e. The highest BCUT2D eigenvalue weighted by Gasteiger charge is 2.43. The number of hydrogen-bond acceptors (Lipinski definition) is 6. The maximum Gasteiger partial charge on any atom is 0.267 e. The number of amides is 3. The Labute approximate surface area is 213 Å². The van der Waals surface area contributed by atoms with Crippen LogP contribution >= 0.6 is 24.0 Å². The Bertz CT molecular complexity index is 1210. The summed E-state index contributed by atoms with van der Waals surface area (Å²) in [5, 5.41) is 2.89. The first-order valence-corrected chi connectivity index (χ1v) is 12.9. The Hall–Kier alpha value is -3.01. The van der Waals surface area contributed by atoms with E-state index in [0.29, 0.717) is 52.2 Å². The third-order valence-corrected chi connectivity index (χ3v) is 7.74. The zero-order valence-corrected chi connectivity index (χ0v) is 20.7. The molecule has 1 N–H and O–H groups in total. The topological polar surface area (TPSA) is 79.0 Å². The average molecular weight is 508 g/mol. The fourth-order valence-corrected chi connectivity index (χ4v) is 5.89.